The van der Waals surface area contributed by atoms with Crippen molar-refractivity contribution in [3.05, 3.63) is 0 Å². The molecule has 1 N–H and O–H groups in total. The summed E-state index contributed by atoms with van der Waals surface area (Å²) in [5.74, 6) is -0.941. The second-order valence-corrected chi connectivity index (χ2v) is 3.67. The smallest absolute Gasteiger partial charge is 0.319 e. The molecule has 1 aliphatic rings. The summed E-state index contributed by atoms with van der Waals surface area (Å²) >= 11 is 1.77. The Morgan fingerprint density at radius 2 is 2.45 bits per heavy atom. The van der Waals surface area contributed by atoms with Gasteiger partial charge in [0.15, 0.2) is 5.78 Å². The summed E-state index contributed by atoms with van der Waals surface area (Å²) in [5, 5.41) is 8.53. The first-order chi connectivity index (χ1) is 5.11. The number of hydrogen-bond donors (Lipinski definition) is 1. The molecule has 1 rings (SSSR count). The Hall–Kier alpha value is -0.170. The standard InChI is InChI=1S/C6H7IO4/c7-5(6(9)10)4-1-3(8)2-11-4/h4-5H,1-2H2,(H,9,10). The fourth-order valence-corrected chi connectivity index (χ4v) is 1.35. The first kappa shape index (κ1) is 8.92. The maximum Gasteiger partial charge on any atom is 0.319 e. The van der Waals surface area contributed by atoms with Crippen LogP contribution in [0.15, 0.2) is 0 Å². The van der Waals surface area contributed by atoms with E-state index in [-0.39, 0.29) is 18.8 Å². The highest BCUT2D eigenvalue weighted by Gasteiger charge is 2.32. The number of halogens is 1. The number of rotatable bonds is 2. The van der Waals surface area contributed by atoms with E-state index in [2.05, 4.69) is 0 Å². The van der Waals surface area contributed by atoms with E-state index in [1.54, 1.807) is 22.6 Å². The molecule has 62 valence electrons. The predicted octanol–water partition coefficient (Wildman–Crippen LogP) is 0.233. The van der Waals surface area contributed by atoms with E-state index in [1.165, 1.54) is 0 Å². The highest BCUT2D eigenvalue weighted by molar-refractivity contribution is 14.1. The van der Waals surface area contributed by atoms with Gasteiger partial charge in [0.2, 0.25) is 0 Å². The van der Waals surface area contributed by atoms with Crippen molar-refractivity contribution in [2.75, 3.05) is 6.61 Å². The molecule has 1 aliphatic heterocycles. The van der Waals surface area contributed by atoms with Gasteiger partial charge in [0.05, 0.1) is 6.10 Å². The molecule has 11 heavy (non-hydrogen) atoms. The van der Waals surface area contributed by atoms with Crippen LogP contribution in [0.25, 0.3) is 0 Å². The highest BCUT2D eigenvalue weighted by atomic mass is 127. The lowest BCUT2D eigenvalue weighted by Crippen LogP contribution is -2.27. The van der Waals surface area contributed by atoms with Crippen molar-refractivity contribution in [2.24, 2.45) is 0 Å². The topological polar surface area (TPSA) is 63.6 Å². The quantitative estimate of drug-likeness (QED) is 0.576. The van der Waals surface area contributed by atoms with Crippen LogP contribution in [0.5, 0.6) is 0 Å². The minimum Gasteiger partial charge on any atom is -0.480 e. The van der Waals surface area contributed by atoms with Gasteiger partial charge in [-0.15, -0.1) is 0 Å². The van der Waals surface area contributed by atoms with Gasteiger partial charge in [-0.3, -0.25) is 9.59 Å². The van der Waals surface area contributed by atoms with E-state index < -0.39 is 16.0 Å². The average Bonchev–Trinajstić information content (AvgIpc) is 2.34. The van der Waals surface area contributed by atoms with Gasteiger partial charge in [-0.1, -0.05) is 22.6 Å². The number of carbonyl (C=O) groups is 2. The lowest BCUT2D eigenvalue weighted by Gasteiger charge is -2.10. The maximum atomic E-state index is 10.7. The second kappa shape index (κ2) is 3.48. The molecular formula is C6H7IO4. The molecule has 0 bridgehead atoms. The Balaban J connectivity index is 2.49. The fraction of sp³-hybridized carbons (Fsp3) is 0.667. The van der Waals surface area contributed by atoms with Crippen molar-refractivity contribution in [3.8, 4) is 0 Å². The van der Waals surface area contributed by atoms with E-state index in [9.17, 15) is 9.59 Å². The minimum absolute atomic E-state index is 0.0158. The van der Waals surface area contributed by atoms with Crippen LogP contribution in [0.1, 0.15) is 6.42 Å². The van der Waals surface area contributed by atoms with Gasteiger partial charge in [-0.25, -0.2) is 0 Å². The summed E-state index contributed by atoms with van der Waals surface area (Å²) in [5.41, 5.74) is 0. The Morgan fingerprint density at radius 1 is 1.82 bits per heavy atom. The molecule has 1 saturated heterocycles. The molecule has 0 spiro atoms. The Labute approximate surface area is 77.1 Å². The molecule has 0 aromatic heterocycles. The van der Waals surface area contributed by atoms with Crippen LogP contribution < -0.4 is 0 Å². The van der Waals surface area contributed by atoms with Crippen molar-refractivity contribution >= 4 is 34.3 Å². The summed E-state index contributed by atoms with van der Waals surface area (Å²) in [6.07, 6.45) is -0.194. The summed E-state index contributed by atoms with van der Waals surface area (Å²) in [6.45, 7) is 0.0669. The van der Waals surface area contributed by atoms with Crippen LogP contribution in [0.4, 0.5) is 0 Å². The second-order valence-electron chi connectivity index (χ2n) is 2.33. The van der Waals surface area contributed by atoms with Gasteiger partial charge in [0.25, 0.3) is 0 Å². The summed E-state index contributed by atoms with van der Waals surface area (Å²) < 4.78 is 4.34. The third-order valence-corrected chi connectivity index (χ3v) is 2.78. The van der Waals surface area contributed by atoms with Gasteiger partial charge in [-0.2, -0.15) is 0 Å². The Kier molecular flexibility index (Phi) is 2.83. The molecular weight excluding hydrogens is 263 g/mol. The number of alkyl halides is 1. The van der Waals surface area contributed by atoms with Gasteiger partial charge in [0.1, 0.15) is 10.5 Å². The fourth-order valence-electron chi connectivity index (χ4n) is 0.889. The molecule has 0 radical (unpaired) electrons. The molecule has 2 atom stereocenters. The van der Waals surface area contributed by atoms with E-state index in [1.807, 2.05) is 0 Å². The van der Waals surface area contributed by atoms with Crippen molar-refractivity contribution in [2.45, 2.75) is 16.4 Å². The minimum atomic E-state index is -0.926. The zero-order chi connectivity index (χ0) is 8.43. The summed E-state index contributed by atoms with van der Waals surface area (Å²) in [4.78, 5) is 21.1. The molecule has 0 saturated carbocycles. The molecule has 1 fully saturated rings. The van der Waals surface area contributed by atoms with Crippen LogP contribution in [0, 0.1) is 0 Å². The molecule has 4 nitrogen and oxygen atoms in total. The molecule has 0 aromatic rings. The number of carboxylic acids is 1. The lowest BCUT2D eigenvalue weighted by molar-refractivity contribution is -0.138. The molecule has 0 amide bonds. The monoisotopic (exact) mass is 270 g/mol. The normalized spacial score (nSPS) is 27.0. The van der Waals surface area contributed by atoms with Crippen molar-refractivity contribution < 1.29 is 19.4 Å². The van der Waals surface area contributed by atoms with Gasteiger partial charge in [-0.05, 0) is 0 Å². The number of ketones is 1. The molecule has 5 heteroatoms. The summed E-state index contributed by atoms with van der Waals surface area (Å²) in [7, 11) is 0. The molecule has 1 heterocycles. The van der Waals surface area contributed by atoms with Crippen LogP contribution in [-0.2, 0) is 14.3 Å². The number of carboxylic acid groups (broad SMARTS) is 1. The number of ether oxygens (including phenoxy) is 1. The zero-order valence-corrected chi connectivity index (χ0v) is 7.78. The number of Topliss-reactive ketones (excluding diaryl/α,β-unsaturated/α-hetero) is 1. The average molecular weight is 270 g/mol. The van der Waals surface area contributed by atoms with E-state index in [4.69, 9.17) is 9.84 Å². The lowest BCUT2D eigenvalue weighted by atomic mass is 10.2. The highest BCUT2D eigenvalue weighted by Crippen LogP contribution is 2.19. The number of hydrogen-bond acceptors (Lipinski definition) is 3. The first-order valence-electron chi connectivity index (χ1n) is 3.11. The van der Waals surface area contributed by atoms with Crippen molar-refractivity contribution in [1.82, 2.24) is 0 Å². The number of carbonyl (C=O) groups excluding carboxylic acids is 1. The van der Waals surface area contributed by atoms with Crippen molar-refractivity contribution in [3.63, 3.8) is 0 Å². The number of aliphatic carboxylic acids is 1. The van der Waals surface area contributed by atoms with Crippen molar-refractivity contribution in [1.29, 1.82) is 0 Å². The van der Waals surface area contributed by atoms with Gasteiger partial charge < -0.3 is 9.84 Å². The third-order valence-electron chi connectivity index (χ3n) is 1.45. The van der Waals surface area contributed by atoms with Gasteiger partial charge >= 0.3 is 5.97 Å². The van der Waals surface area contributed by atoms with Crippen LogP contribution in [0.2, 0.25) is 0 Å². The van der Waals surface area contributed by atoms with Crippen LogP contribution in [0.3, 0.4) is 0 Å². The largest absolute Gasteiger partial charge is 0.480 e. The van der Waals surface area contributed by atoms with Crippen LogP contribution in [-0.4, -0.2) is 33.5 Å². The SMILES string of the molecule is O=C1COC(C(I)C(=O)O)C1. The zero-order valence-electron chi connectivity index (χ0n) is 5.62. The molecule has 2 unspecified atom stereocenters. The van der Waals surface area contributed by atoms with Crippen LogP contribution >= 0.6 is 22.6 Å². The molecule has 0 aliphatic carbocycles. The third kappa shape index (κ3) is 2.13. The maximum absolute atomic E-state index is 10.7. The molecule has 0 aromatic carbocycles. The van der Waals surface area contributed by atoms with E-state index in [0.29, 0.717) is 0 Å². The predicted molar refractivity (Wildman–Crippen MR) is 44.8 cm³/mol. The first-order valence-corrected chi connectivity index (χ1v) is 4.36. The van der Waals surface area contributed by atoms with E-state index in [0.717, 1.165) is 0 Å². The van der Waals surface area contributed by atoms with Gasteiger partial charge in [0, 0.05) is 6.42 Å². The van der Waals surface area contributed by atoms with E-state index >= 15 is 0 Å². The Bertz CT molecular complexity index is 191. The summed E-state index contributed by atoms with van der Waals surface area (Å²) in [6, 6.07) is 0. The Morgan fingerprint density at radius 3 is 2.82 bits per heavy atom.